The first kappa shape index (κ1) is 7.08. The zero-order valence-electron chi connectivity index (χ0n) is 6.97. The van der Waals surface area contributed by atoms with Crippen LogP contribution in [0.2, 0.25) is 0 Å². The Hall–Kier alpha value is -0.590. The molecule has 0 bridgehead atoms. The van der Waals surface area contributed by atoms with Crippen LogP contribution in [0.4, 0.5) is 0 Å². The van der Waals surface area contributed by atoms with Crippen LogP contribution in [0.1, 0.15) is 32.6 Å². The van der Waals surface area contributed by atoms with Crippen molar-refractivity contribution in [2.45, 2.75) is 32.6 Å². The molecule has 2 aliphatic rings. The lowest BCUT2D eigenvalue weighted by Gasteiger charge is -2.02. The van der Waals surface area contributed by atoms with Crippen molar-refractivity contribution in [2.75, 3.05) is 0 Å². The van der Waals surface area contributed by atoms with Gasteiger partial charge in [-0.2, -0.15) is 0 Å². The molecule has 0 heterocycles. The molecule has 0 aromatic carbocycles. The highest BCUT2D eigenvalue weighted by atomic mass is 16.1. The molecule has 0 spiro atoms. The van der Waals surface area contributed by atoms with Gasteiger partial charge in [0.2, 0.25) is 0 Å². The lowest BCUT2D eigenvalue weighted by atomic mass is 10.0. The molecule has 0 N–H and O–H groups in total. The Morgan fingerprint density at radius 2 is 1.73 bits per heavy atom. The van der Waals surface area contributed by atoms with E-state index < -0.39 is 0 Å². The van der Waals surface area contributed by atoms with Gasteiger partial charge in [-0.25, -0.2) is 0 Å². The Kier molecular flexibility index (Phi) is 1.59. The summed E-state index contributed by atoms with van der Waals surface area (Å²) < 4.78 is 0. The van der Waals surface area contributed by atoms with Crippen LogP contribution in [0.5, 0.6) is 0 Å². The van der Waals surface area contributed by atoms with E-state index in [4.69, 9.17) is 0 Å². The summed E-state index contributed by atoms with van der Waals surface area (Å²) in [6.07, 6.45) is 6.22. The van der Waals surface area contributed by atoms with Crippen molar-refractivity contribution in [3.05, 3.63) is 11.1 Å². The van der Waals surface area contributed by atoms with Crippen LogP contribution < -0.4 is 0 Å². The molecule has 60 valence electrons. The molecule has 0 radical (unpaired) electrons. The van der Waals surface area contributed by atoms with Crippen LogP contribution in [0.25, 0.3) is 0 Å². The van der Waals surface area contributed by atoms with Gasteiger partial charge in [-0.15, -0.1) is 0 Å². The fourth-order valence-electron chi connectivity index (χ4n) is 1.66. The van der Waals surface area contributed by atoms with E-state index in [1.54, 1.807) is 0 Å². The van der Waals surface area contributed by atoms with E-state index in [1.165, 1.54) is 31.3 Å². The van der Waals surface area contributed by atoms with E-state index >= 15 is 0 Å². The SMILES string of the molecule is C/C(=C(\C=O)C1CC1)C1CC1. The Balaban J connectivity index is 2.15. The second kappa shape index (κ2) is 2.47. The van der Waals surface area contributed by atoms with Gasteiger partial charge >= 0.3 is 0 Å². The molecule has 11 heavy (non-hydrogen) atoms. The van der Waals surface area contributed by atoms with Gasteiger partial charge < -0.3 is 0 Å². The molecule has 2 rings (SSSR count). The summed E-state index contributed by atoms with van der Waals surface area (Å²) >= 11 is 0. The van der Waals surface area contributed by atoms with Crippen molar-refractivity contribution < 1.29 is 4.79 Å². The van der Waals surface area contributed by atoms with Gasteiger partial charge in [0.25, 0.3) is 0 Å². The van der Waals surface area contributed by atoms with E-state index in [-0.39, 0.29) is 0 Å². The molecule has 0 aromatic rings. The van der Waals surface area contributed by atoms with Crippen molar-refractivity contribution in [1.82, 2.24) is 0 Å². The number of allylic oxidation sites excluding steroid dienone is 2. The molecule has 0 aliphatic heterocycles. The molecule has 0 saturated heterocycles. The predicted molar refractivity (Wildman–Crippen MR) is 44.2 cm³/mol. The quantitative estimate of drug-likeness (QED) is 0.445. The fourth-order valence-corrected chi connectivity index (χ4v) is 1.66. The third-order valence-electron chi connectivity index (χ3n) is 2.79. The van der Waals surface area contributed by atoms with Crippen LogP contribution in [0.3, 0.4) is 0 Å². The van der Waals surface area contributed by atoms with Gasteiger partial charge in [0.05, 0.1) is 0 Å². The van der Waals surface area contributed by atoms with E-state index in [0.29, 0.717) is 5.92 Å². The summed E-state index contributed by atoms with van der Waals surface area (Å²) in [5.74, 6) is 1.42. The van der Waals surface area contributed by atoms with Crippen molar-refractivity contribution in [3.63, 3.8) is 0 Å². The Morgan fingerprint density at radius 3 is 2.09 bits per heavy atom. The molecule has 1 heteroatoms. The highest BCUT2D eigenvalue weighted by Crippen LogP contribution is 2.43. The summed E-state index contributed by atoms with van der Waals surface area (Å²) in [6, 6.07) is 0. The third-order valence-corrected chi connectivity index (χ3v) is 2.79. The lowest BCUT2D eigenvalue weighted by molar-refractivity contribution is -0.105. The summed E-state index contributed by atoms with van der Waals surface area (Å²) in [6.45, 7) is 2.14. The zero-order valence-corrected chi connectivity index (χ0v) is 6.97. The molecule has 2 saturated carbocycles. The minimum Gasteiger partial charge on any atom is -0.298 e. The lowest BCUT2D eigenvalue weighted by Crippen LogP contribution is -1.94. The van der Waals surface area contributed by atoms with Crippen molar-refractivity contribution in [2.24, 2.45) is 11.8 Å². The van der Waals surface area contributed by atoms with Crippen LogP contribution in [-0.4, -0.2) is 6.29 Å². The molecule has 0 atom stereocenters. The van der Waals surface area contributed by atoms with E-state index in [9.17, 15) is 4.79 Å². The average molecular weight is 150 g/mol. The first-order valence-corrected chi connectivity index (χ1v) is 4.48. The number of hydrogen-bond acceptors (Lipinski definition) is 1. The van der Waals surface area contributed by atoms with Gasteiger partial charge in [-0.3, -0.25) is 4.79 Å². The van der Waals surface area contributed by atoms with Crippen molar-refractivity contribution in [3.8, 4) is 0 Å². The van der Waals surface area contributed by atoms with E-state index in [2.05, 4.69) is 6.92 Å². The summed E-state index contributed by atoms with van der Waals surface area (Å²) in [4.78, 5) is 10.7. The van der Waals surface area contributed by atoms with E-state index in [0.717, 1.165) is 17.8 Å². The van der Waals surface area contributed by atoms with Crippen molar-refractivity contribution in [1.29, 1.82) is 0 Å². The van der Waals surface area contributed by atoms with E-state index in [1.807, 2.05) is 0 Å². The Morgan fingerprint density at radius 1 is 1.18 bits per heavy atom. The topological polar surface area (TPSA) is 17.1 Å². The molecular formula is C10H14O. The number of hydrogen-bond donors (Lipinski definition) is 0. The minimum atomic E-state index is 0.646. The summed E-state index contributed by atoms with van der Waals surface area (Å²) in [7, 11) is 0. The molecule has 0 unspecified atom stereocenters. The van der Waals surface area contributed by atoms with Gasteiger partial charge in [0, 0.05) is 0 Å². The maximum atomic E-state index is 10.7. The molecule has 2 fully saturated rings. The zero-order chi connectivity index (χ0) is 7.84. The fraction of sp³-hybridized carbons (Fsp3) is 0.700. The maximum Gasteiger partial charge on any atom is 0.146 e. The van der Waals surface area contributed by atoms with Gasteiger partial charge in [-0.1, -0.05) is 5.57 Å². The van der Waals surface area contributed by atoms with Crippen LogP contribution in [0.15, 0.2) is 11.1 Å². The molecule has 1 nitrogen and oxygen atoms in total. The first-order chi connectivity index (χ1) is 5.33. The number of carbonyl (C=O) groups excluding carboxylic acids is 1. The summed E-state index contributed by atoms with van der Waals surface area (Å²) in [5, 5.41) is 0. The molecular weight excluding hydrogens is 136 g/mol. The molecule has 2 aliphatic carbocycles. The smallest absolute Gasteiger partial charge is 0.146 e. The van der Waals surface area contributed by atoms with Gasteiger partial charge in [-0.05, 0) is 50.0 Å². The van der Waals surface area contributed by atoms with Crippen LogP contribution in [0, 0.1) is 11.8 Å². The average Bonchev–Trinajstić information content (AvgIpc) is 2.86. The van der Waals surface area contributed by atoms with Gasteiger partial charge in [0.1, 0.15) is 6.29 Å². The summed E-state index contributed by atoms with van der Waals surface area (Å²) in [5.41, 5.74) is 2.52. The normalized spacial score (nSPS) is 26.3. The van der Waals surface area contributed by atoms with Crippen LogP contribution >= 0.6 is 0 Å². The first-order valence-electron chi connectivity index (χ1n) is 4.48. The Bertz CT molecular complexity index is 207. The highest BCUT2D eigenvalue weighted by Gasteiger charge is 2.32. The monoisotopic (exact) mass is 150 g/mol. The second-order valence-electron chi connectivity index (χ2n) is 3.80. The second-order valence-corrected chi connectivity index (χ2v) is 3.80. The number of carbonyl (C=O) groups is 1. The number of aldehydes is 1. The standard InChI is InChI=1S/C10H14O/c1-7(8-2-3-8)10(6-11)9-4-5-9/h6,8-9H,2-5H2,1H3/b10-7-. The maximum absolute atomic E-state index is 10.7. The van der Waals surface area contributed by atoms with Crippen molar-refractivity contribution >= 4 is 6.29 Å². The Labute approximate surface area is 67.5 Å². The minimum absolute atomic E-state index is 0.646. The molecule has 0 aromatic heterocycles. The third kappa shape index (κ3) is 1.37. The number of rotatable bonds is 3. The highest BCUT2D eigenvalue weighted by molar-refractivity contribution is 5.76. The van der Waals surface area contributed by atoms with Gasteiger partial charge in [0.15, 0.2) is 0 Å². The molecule has 0 amide bonds. The largest absolute Gasteiger partial charge is 0.298 e. The predicted octanol–water partition coefficient (Wildman–Crippen LogP) is 2.32. The van der Waals surface area contributed by atoms with Crippen LogP contribution in [-0.2, 0) is 4.79 Å².